The van der Waals surface area contributed by atoms with Crippen molar-refractivity contribution in [1.82, 2.24) is 14.9 Å². The molecule has 0 fully saturated rings. The smallest absolute Gasteiger partial charge is 0.287 e. The Balaban J connectivity index is 1.41. The average molecular weight is 466 g/mol. The lowest BCUT2D eigenvalue weighted by Crippen LogP contribution is -2.28. The lowest BCUT2D eigenvalue weighted by molar-refractivity contribution is 0.0909. The zero-order valence-electron chi connectivity index (χ0n) is 19.1. The highest BCUT2D eigenvalue weighted by molar-refractivity contribution is 6.32. The van der Waals surface area contributed by atoms with Crippen LogP contribution in [-0.4, -0.2) is 22.1 Å². The van der Waals surface area contributed by atoms with Crippen molar-refractivity contribution in [3.8, 4) is 5.75 Å². The minimum Gasteiger partial charge on any atom is -0.494 e. The van der Waals surface area contributed by atoms with E-state index in [0.717, 1.165) is 58.1 Å². The maximum Gasteiger partial charge on any atom is 0.287 e. The number of imidazole rings is 1. The Morgan fingerprint density at radius 1 is 1.15 bits per heavy atom. The number of carbonyl (C=O) groups excluding carboxylic acids is 1. The van der Waals surface area contributed by atoms with Gasteiger partial charge in [-0.05, 0) is 81.1 Å². The van der Waals surface area contributed by atoms with E-state index in [0.29, 0.717) is 6.61 Å². The van der Waals surface area contributed by atoms with E-state index in [1.165, 1.54) is 6.26 Å². The van der Waals surface area contributed by atoms with Gasteiger partial charge < -0.3 is 19.0 Å². The van der Waals surface area contributed by atoms with E-state index in [2.05, 4.69) is 16.0 Å². The van der Waals surface area contributed by atoms with Crippen LogP contribution in [0.4, 0.5) is 0 Å². The van der Waals surface area contributed by atoms with Crippen LogP contribution in [0.1, 0.15) is 53.3 Å². The monoisotopic (exact) mass is 465 g/mol. The van der Waals surface area contributed by atoms with Crippen LogP contribution in [-0.2, 0) is 6.54 Å². The van der Waals surface area contributed by atoms with Gasteiger partial charge >= 0.3 is 0 Å². The molecule has 0 aliphatic carbocycles. The average Bonchev–Trinajstić information content (AvgIpc) is 3.46. The topological polar surface area (TPSA) is 69.3 Å². The first-order valence-corrected chi connectivity index (χ1v) is 11.5. The van der Waals surface area contributed by atoms with Crippen molar-refractivity contribution in [1.29, 1.82) is 0 Å². The Labute approximate surface area is 198 Å². The normalized spacial score (nSPS) is 12.1. The van der Waals surface area contributed by atoms with Crippen LogP contribution < -0.4 is 10.1 Å². The molecule has 1 N–H and O–H groups in total. The summed E-state index contributed by atoms with van der Waals surface area (Å²) >= 11 is 6.24. The summed E-state index contributed by atoms with van der Waals surface area (Å²) in [6, 6.07) is 15.0. The van der Waals surface area contributed by atoms with Crippen LogP contribution in [0, 0.1) is 13.8 Å². The number of hydrogen-bond donors (Lipinski definition) is 1. The minimum absolute atomic E-state index is 0.256. The molecule has 4 rings (SSSR count). The third-order valence-corrected chi connectivity index (χ3v) is 6.21. The Morgan fingerprint density at radius 3 is 2.64 bits per heavy atom. The molecule has 7 heteroatoms. The van der Waals surface area contributed by atoms with Crippen LogP contribution in [0.3, 0.4) is 0 Å². The molecular formula is C26H28ClN3O3. The van der Waals surface area contributed by atoms with Crippen LogP contribution in [0.5, 0.6) is 5.75 Å². The lowest BCUT2D eigenvalue weighted by atomic mass is 10.1. The van der Waals surface area contributed by atoms with Crippen LogP contribution >= 0.6 is 11.6 Å². The van der Waals surface area contributed by atoms with Crippen molar-refractivity contribution >= 4 is 28.5 Å². The Hall–Kier alpha value is -3.25. The van der Waals surface area contributed by atoms with Crippen molar-refractivity contribution in [3.63, 3.8) is 0 Å². The number of amides is 1. The molecule has 172 valence electrons. The number of ether oxygens (including phenoxy) is 1. The first-order valence-electron chi connectivity index (χ1n) is 11.1. The molecule has 2 heterocycles. The number of nitrogens with one attached hydrogen (secondary N) is 1. The zero-order chi connectivity index (χ0) is 23.4. The van der Waals surface area contributed by atoms with Gasteiger partial charge in [-0.15, -0.1) is 0 Å². The number of fused-ring (bicyclic) bond motifs is 1. The summed E-state index contributed by atoms with van der Waals surface area (Å²) in [5, 5.41) is 3.77. The van der Waals surface area contributed by atoms with Crippen molar-refractivity contribution < 1.29 is 13.9 Å². The summed E-state index contributed by atoms with van der Waals surface area (Å²) in [6.45, 7) is 7.30. The Morgan fingerprint density at radius 2 is 1.91 bits per heavy atom. The van der Waals surface area contributed by atoms with E-state index in [9.17, 15) is 4.79 Å². The van der Waals surface area contributed by atoms with Gasteiger partial charge in [0.05, 0.1) is 29.9 Å². The van der Waals surface area contributed by atoms with E-state index in [1.807, 2.05) is 51.1 Å². The van der Waals surface area contributed by atoms with Crippen LogP contribution in [0.15, 0.2) is 59.2 Å². The molecule has 0 aliphatic rings. The number of nitrogens with zero attached hydrogens (tertiary/aromatic N) is 2. The SMILES string of the molecule is Cc1cc(OCCCCn2c(C(C)NC(=O)c3ccco3)nc3ccccc32)cc(C)c1Cl. The number of carbonyl (C=O) groups is 1. The second kappa shape index (κ2) is 10.1. The highest BCUT2D eigenvalue weighted by atomic mass is 35.5. The predicted octanol–water partition coefficient (Wildman–Crippen LogP) is 6.25. The highest BCUT2D eigenvalue weighted by Crippen LogP contribution is 2.26. The van der Waals surface area contributed by atoms with E-state index < -0.39 is 0 Å². The van der Waals surface area contributed by atoms with Crippen molar-refractivity contribution in [2.45, 2.75) is 46.2 Å². The standard InChI is InChI=1S/C26H28ClN3O3/c1-17-15-20(16-18(2)24(17)27)32-13-7-6-12-30-22-10-5-4-9-21(22)29-25(30)19(3)28-26(31)23-11-8-14-33-23/h4-5,8-11,14-16,19H,6-7,12-13H2,1-3H3,(H,28,31). The summed E-state index contributed by atoms with van der Waals surface area (Å²) < 4.78 is 13.3. The molecule has 1 unspecified atom stereocenters. The quantitative estimate of drug-likeness (QED) is 0.296. The molecule has 4 aromatic rings. The van der Waals surface area contributed by atoms with E-state index in [-0.39, 0.29) is 17.7 Å². The molecule has 2 aromatic carbocycles. The van der Waals surface area contributed by atoms with Crippen molar-refractivity contribution in [2.24, 2.45) is 0 Å². The fourth-order valence-electron chi connectivity index (χ4n) is 3.95. The van der Waals surface area contributed by atoms with Crippen molar-refractivity contribution in [2.75, 3.05) is 6.61 Å². The fourth-order valence-corrected chi connectivity index (χ4v) is 4.06. The third kappa shape index (κ3) is 5.22. The lowest BCUT2D eigenvalue weighted by Gasteiger charge is -2.16. The third-order valence-electron chi connectivity index (χ3n) is 5.62. The second-order valence-electron chi connectivity index (χ2n) is 8.21. The minimum atomic E-state index is -0.272. The Kier molecular flexibility index (Phi) is 7.04. The van der Waals surface area contributed by atoms with Gasteiger partial charge in [0.1, 0.15) is 11.6 Å². The number of furan rings is 1. The van der Waals surface area contributed by atoms with E-state index >= 15 is 0 Å². The highest BCUT2D eigenvalue weighted by Gasteiger charge is 2.20. The molecule has 0 aliphatic heterocycles. The Bertz CT molecular complexity index is 1220. The van der Waals surface area contributed by atoms with Gasteiger partial charge in [0, 0.05) is 11.6 Å². The van der Waals surface area contributed by atoms with Gasteiger partial charge in [0.15, 0.2) is 5.76 Å². The molecule has 0 spiro atoms. The van der Waals surface area contributed by atoms with Gasteiger partial charge in [0.25, 0.3) is 5.91 Å². The number of aryl methyl sites for hydroxylation is 3. The van der Waals surface area contributed by atoms with Crippen molar-refractivity contribution in [3.05, 3.63) is 82.5 Å². The summed E-state index contributed by atoms with van der Waals surface area (Å²) in [7, 11) is 0. The molecule has 33 heavy (non-hydrogen) atoms. The second-order valence-corrected chi connectivity index (χ2v) is 8.59. The van der Waals surface area contributed by atoms with Gasteiger partial charge in [-0.1, -0.05) is 23.7 Å². The number of rotatable bonds is 9. The van der Waals surface area contributed by atoms with Crippen LogP contribution in [0.2, 0.25) is 5.02 Å². The number of benzene rings is 2. The first-order chi connectivity index (χ1) is 15.9. The van der Waals surface area contributed by atoms with Gasteiger partial charge in [-0.2, -0.15) is 0 Å². The number of aromatic nitrogens is 2. The van der Waals surface area contributed by atoms with E-state index in [4.69, 9.17) is 25.7 Å². The molecule has 1 atom stereocenters. The predicted molar refractivity (Wildman–Crippen MR) is 130 cm³/mol. The number of para-hydroxylation sites is 2. The molecule has 0 saturated heterocycles. The summed E-state index contributed by atoms with van der Waals surface area (Å²) in [5.41, 5.74) is 4.00. The zero-order valence-corrected chi connectivity index (χ0v) is 19.9. The maximum atomic E-state index is 12.5. The summed E-state index contributed by atoms with van der Waals surface area (Å²) in [5.74, 6) is 1.70. The number of hydrogen-bond acceptors (Lipinski definition) is 4. The molecule has 0 saturated carbocycles. The van der Waals surface area contributed by atoms with Gasteiger partial charge in [-0.3, -0.25) is 4.79 Å². The fraction of sp³-hybridized carbons (Fsp3) is 0.308. The molecule has 0 radical (unpaired) electrons. The summed E-state index contributed by atoms with van der Waals surface area (Å²) in [6.07, 6.45) is 3.29. The number of halogens is 1. The van der Waals surface area contributed by atoms with E-state index in [1.54, 1.807) is 12.1 Å². The van der Waals surface area contributed by atoms with Gasteiger partial charge in [0.2, 0.25) is 0 Å². The first kappa shape index (κ1) is 22.9. The van der Waals surface area contributed by atoms with Gasteiger partial charge in [-0.25, -0.2) is 4.98 Å². The maximum absolute atomic E-state index is 12.5. The molecule has 0 bridgehead atoms. The molecule has 6 nitrogen and oxygen atoms in total. The largest absolute Gasteiger partial charge is 0.494 e. The molecule has 2 aromatic heterocycles. The molecule has 1 amide bonds. The number of unbranched alkanes of at least 4 members (excludes halogenated alkanes) is 1. The molecular weight excluding hydrogens is 438 g/mol. The summed E-state index contributed by atoms with van der Waals surface area (Å²) in [4.78, 5) is 17.2. The van der Waals surface area contributed by atoms with Crippen LogP contribution in [0.25, 0.3) is 11.0 Å².